The first-order chi connectivity index (χ1) is 10.1. The molecular formula is C14H23ClN6. The van der Waals surface area contributed by atoms with Gasteiger partial charge < -0.3 is 15.5 Å². The molecule has 0 aliphatic carbocycles. The van der Waals surface area contributed by atoms with E-state index in [0.717, 1.165) is 32.0 Å². The molecule has 0 amide bonds. The summed E-state index contributed by atoms with van der Waals surface area (Å²) in [5.41, 5.74) is 5.76. The maximum Gasteiger partial charge on any atom is 0.153 e. The zero-order chi connectivity index (χ0) is 14.8. The Bertz CT molecular complexity index is 488. The summed E-state index contributed by atoms with van der Waals surface area (Å²) in [5.74, 6) is 1.13. The lowest BCUT2D eigenvalue weighted by atomic mass is 10.0. The summed E-state index contributed by atoms with van der Waals surface area (Å²) in [4.78, 5) is 15.5. The summed E-state index contributed by atoms with van der Waals surface area (Å²) in [6.45, 7) is 6.40. The minimum absolute atomic E-state index is 0.359. The smallest absolute Gasteiger partial charge is 0.153 e. The number of hydrogen-bond donors (Lipinski definition) is 1. The van der Waals surface area contributed by atoms with Gasteiger partial charge in [-0.05, 0) is 26.4 Å². The van der Waals surface area contributed by atoms with Crippen molar-refractivity contribution in [2.45, 2.75) is 18.9 Å². The van der Waals surface area contributed by atoms with Crippen LogP contribution in [0.5, 0.6) is 0 Å². The standard InChI is InChI=1S/C14H23ClN6/c1-19-4-2-3-11(9-19)20-5-7-21(8-6-20)14-12(15)13(16)17-10-18-14/h10-11H,2-9H2,1H3,(H2,16,17,18). The van der Waals surface area contributed by atoms with Crippen LogP contribution in [-0.2, 0) is 0 Å². The number of nitrogens with zero attached hydrogens (tertiary/aromatic N) is 5. The van der Waals surface area contributed by atoms with Crippen molar-refractivity contribution in [1.82, 2.24) is 19.8 Å². The Morgan fingerprint density at radius 2 is 1.95 bits per heavy atom. The fourth-order valence-electron chi connectivity index (χ4n) is 3.33. The van der Waals surface area contributed by atoms with Gasteiger partial charge in [0.1, 0.15) is 17.2 Å². The monoisotopic (exact) mass is 310 g/mol. The quantitative estimate of drug-likeness (QED) is 0.877. The number of likely N-dealkylation sites (N-methyl/N-ethyl adjacent to an activating group) is 1. The molecule has 116 valence electrons. The summed E-state index contributed by atoms with van der Waals surface area (Å²) >= 11 is 6.22. The van der Waals surface area contributed by atoms with Gasteiger partial charge in [-0.1, -0.05) is 11.6 Å². The van der Waals surface area contributed by atoms with Crippen LogP contribution in [0.1, 0.15) is 12.8 Å². The van der Waals surface area contributed by atoms with Crippen LogP contribution in [0, 0.1) is 0 Å². The summed E-state index contributed by atoms with van der Waals surface area (Å²) in [6.07, 6.45) is 4.10. The van der Waals surface area contributed by atoms with Gasteiger partial charge in [0.2, 0.25) is 0 Å². The van der Waals surface area contributed by atoms with Crippen LogP contribution in [0.4, 0.5) is 11.6 Å². The molecule has 6 nitrogen and oxygen atoms in total. The number of anilines is 2. The second-order valence-corrected chi connectivity index (χ2v) is 6.36. The Morgan fingerprint density at radius 3 is 2.67 bits per heavy atom. The molecule has 0 radical (unpaired) electrons. The van der Waals surface area contributed by atoms with E-state index in [9.17, 15) is 0 Å². The lowest BCUT2D eigenvalue weighted by molar-refractivity contribution is 0.106. The molecule has 2 aliphatic heterocycles. The van der Waals surface area contributed by atoms with Crippen molar-refractivity contribution < 1.29 is 0 Å². The van der Waals surface area contributed by atoms with E-state index < -0.39 is 0 Å². The second kappa shape index (κ2) is 6.34. The topological polar surface area (TPSA) is 61.5 Å². The number of aromatic nitrogens is 2. The molecule has 1 unspecified atom stereocenters. The molecule has 3 heterocycles. The van der Waals surface area contributed by atoms with E-state index >= 15 is 0 Å². The van der Waals surface area contributed by atoms with Gasteiger partial charge in [-0.2, -0.15) is 0 Å². The Balaban J connectivity index is 1.61. The zero-order valence-electron chi connectivity index (χ0n) is 12.5. The van der Waals surface area contributed by atoms with Crippen LogP contribution < -0.4 is 10.6 Å². The Labute approximate surface area is 130 Å². The van der Waals surface area contributed by atoms with Gasteiger partial charge >= 0.3 is 0 Å². The zero-order valence-corrected chi connectivity index (χ0v) is 13.3. The van der Waals surface area contributed by atoms with Crippen molar-refractivity contribution in [1.29, 1.82) is 0 Å². The highest BCUT2D eigenvalue weighted by Crippen LogP contribution is 2.28. The molecule has 2 fully saturated rings. The highest BCUT2D eigenvalue weighted by Gasteiger charge is 2.28. The third-order valence-corrected chi connectivity index (χ3v) is 4.89. The van der Waals surface area contributed by atoms with E-state index in [0.29, 0.717) is 16.9 Å². The molecular weight excluding hydrogens is 288 g/mol. The third-order valence-electron chi connectivity index (χ3n) is 4.53. The predicted octanol–water partition coefficient (Wildman–Crippen LogP) is 0.928. The molecule has 2 aliphatic rings. The minimum atomic E-state index is 0.359. The average molecular weight is 311 g/mol. The average Bonchev–Trinajstić information content (AvgIpc) is 2.50. The number of piperazine rings is 1. The van der Waals surface area contributed by atoms with Crippen LogP contribution in [0.15, 0.2) is 6.33 Å². The fourth-order valence-corrected chi connectivity index (χ4v) is 3.55. The molecule has 2 saturated heterocycles. The van der Waals surface area contributed by atoms with E-state index in [-0.39, 0.29) is 0 Å². The molecule has 2 N–H and O–H groups in total. The van der Waals surface area contributed by atoms with Crippen LogP contribution in [0.2, 0.25) is 5.02 Å². The van der Waals surface area contributed by atoms with Gasteiger partial charge in [0.15, 0.2) is 5.82 Å². The van der Waals surface area contributed by atoms with Crippen LogP contribution in [-0.4, -0.2) is 72.1 Å². The number of rotatable bonds is 2. The van der Waals surface area contributed by atoms with Crippen molar-refractivity contribution in [3.63, 3.8) is 0 Å². The van der Waals surface area contributed by atoms with Gasteiger partial charge in [-0.25, -0.2) is 9.97 Å². The fraction of sp³-hybridized carbons (Fsp3) is 0.714. The normalized spacial score (nSPS) is 25.2. The SMILES string of the molecule is CN1CCCC(N2CCN(c3ncnc(N)c3Cl)CC2)C1. The van der Waals surface area contributed by atoms with E-state index in [4.69, 9.17) is 17.3 Å². The van der Waals surface area contributed by atoms with E-state index in [1.165, 1.54) is 32.3 Å². The maximum absolute atomic E-state index is 6.22. The molecule has 3 rings (SSSR count). The Hall–Kier alpha value is -1.11. The van der Waals surface area contributed by atoms with Crippen molar-refractivity contribution in [2.75, 3.05) is 56.9 Å². The van der Waals surface area contributed by atoms with Gasteiger partial charge in [0.25, 0.3) is 0 Å². The molecule has 0 aromatic carbocycles. The molecule has 0 spiro atoms. The largest absolute Gasteiger partial charge is 0.382 e. The highest BCUT2D eigenvalue weighted by molar-refractivity contribution is 6.35. The first-order valence-corrected chi connectivity index (χ1v) is 7.96. The summed E-state index contributed by atoms with van der Waals surface area (Å²) < 4.78 is 0. The summed E-state index contributed by atoms with van der Waals surface area (Å²) in [6, 6.07) is 0.692. The highest BCUT2D eigenvalue weighted by atomic mass is 35.5. The number of piperidine rings is 1. The third kappa shape index (κ3) is 3.22. The molecule has 0 bridgehead atoms. The lowest BCUT2D eigenvalue weighted by Gasteiger charge is -2.43. The molecule has 0 saturated carbocycles. The van der Waals surface area contributed by atoms with Crippen molar-refractivity contribution in [3.8, 4) is 0 Å². The second-order valence-electron chi connectivity index (χ2n) is 5.98. The van der Waals surface area contributed by atoms with E-state index in [1.807, 2.05) is 0 Å². The molecule has 21 heavy (non-hydrogen) atoms. The first kappa shape index (κ1) is 14.8. The summed E-state index contributed by atoms with van der Waals surface area (Å²) in [7, 11) is 2.21. The maximum atomic E-state index is 6.22. The Morgan fingerprint density at radius 1 is 1.19 bits per heavy atom. The Kier molecular flexibility index (Phi) is 4.47. The number of hydrogen-bond acceptors (Lipinski definition) is 6. The minimum Gasteiger partial charge on any atom is -0.382 e. The van der Waals surface area contributed by atoms with Crippen molar-refractivity contribution in [2.24, 2.45) is 0 Å². The molecule has 7 heteroatoms. The van der Waals surface area contributed by atoms with E-state index in [1.54, 1.807) is 0 Å². The predicted molar refractivity (Wildman–Crippen MR) is 85.8 cm³/mol. The lowest BCUT2D eigenvalue weighted by Crippen LogP contribution is -2.54. The van der Waals surface area contributed by atoms with Crippen LogP contribution in [0.25, 0.3) is 0 Å². The molecule has 1 aromatic rings. The molecule has 1 aromatic heterocycles. The number of likely N-dealkylation sites (tertiary alicyclic amines) is 1. The molecule has 1 atom stereocenters. The number of halogens is 1. The summed E-state index contributed by atoms with van der Waals surface area (Å²) in [5, 5.41) is 0.475. The van der Waals surface area contributed by atoms with Crippen molar-refractivity contribution >= 4 is 23.2 Å². The van der Waals surface area contributed by atoms with Gasteiger partial charge in [-0.3, -0.25) is 4.90 Å². The van der Waals surface area contributed by atoms with Crippen LogP contribution >= 0.6 is 11.6 Å². The van der Waals surface area contributed by atoms with Gasteiger partial charge in [-0.15, -0.1) is 0 Å². The van der Waals surface area contributed by atoms with Crippen LogP contribution in [0.3, 0.4) is 0 Å². The number of nitrogens with two attached hydrogens (primary N) is 1. The number of nitrogen functional groups attached to an aromatic ring is 1. The van der Waals surface area contributed by atoms with Crippen molar-refractivity contribution in [3.05, 3.63) is 11.3 Å². The van der Waals surface area contributed by atoms with Gasteiger partial charge in [0.05, 0.1) is 0 Å². The van der Waals surface area contributed by atoms with E-state index in [2.05, 4.69) is 31.7 Å². The first-order valence-electron chi connectivity index (χ1n) is 7.58. The van der Waals surface area contributed by atoms with Gasteiger partial charge in [0, 0.05) is 38.8 Å².